The van der Waals surface area contributed by atoms with E-state index in [1.54, 1.807) is 62.4 Å². The molecule has 5 nitrogen and oxygen atoms in total. The van der Waals surface area contributed by atoms with Gasteiger partial charge in [-0.2, -0.15) is 0 Å². The number of para-hydroxylation sites is 1. The highest BCUT2D eigenvalue weighted by atomic mass is 35.5. The van der Waals surface area contributed by atoms with E-state index in [9.17, 15) is 14.4 Å². The summed E-state index contributed by atoms with van der Waals surface area (Å²) < 4.78 is 10.6. The molecule has 0 radical (unpaired) electrons. The molecule has 0 aromatic heterocycles. The van der Waals surface area contributed by atoms with Crippen LogP contribution in [0, 0.1) is 10.8 Å². The van der Waals surface area contributed by atoms with Gasteiger partial charge in [-0.25, -0.2) is 0 Å². The fraction of sp³-hybridized carbons (Fsp3) is 0.286. The smallest absolute Gasteiger partial charge is 0.330 e. The van der Waals surface area contributed by atoms with E-state index in [0.29, 0.717) is 21.9 Å². The monoisotopic (exact) mass is 384 g/mol. The van der Waals surface area contributed by atoms with Crippen LogP contribution >= 0.6 is 11.6 Å². The Morgan fingerprint density at radius 1 is 1.15 bits per heavy atom. The summed E-state index contributed by atoms with van der Waals surface area (Å²) in [5.41, 5.74) is -1.93. The lowest BCUT2D eigenvalue weighted by Gasteiger charge is -2.22. The van der Waals surface area contributed by atoms with Gasteiger partial charge in [0.15, 0.2) is 11.2 Å². The van der Waals surface area contributed by atoms with Crippen molar-refractivity contribution in [3.8, 4) is 5.75 Å². The number of carbonyl (C=O) groups excluding carboxylic acids is 3. The van der Waals surface area contributed by atoms with E-state index in [1.807, 2.05) is 0 Å². The molecule has 2 aliphatic rings. The van der Waals surface area contributed by atoms with Gasteiger partial charge in [-0.05, 0) is 44.2 Å². The van der Waals surface area contributed by atoms with E-state index >= 15 is 0 Å². The SMILES string of the molecule is CCOC(=O)[C@@]12C(=O)Oc3ccccc3[C@@H]1[C@@]2(C)C(=O)c1ccc(Cl)cc1. The van der Waals surface area contributed by atoms with Crippen LogP contribution in [0.5, 0.6) is 5.75 Å². The number of ketones is 1. The van der Waals surface area contributed by atoms with Gasteiger partial charge in [-0.1, -0.05) is 29.8 Å². The number of Topliss-reactive ketones (excluding diaryl/α,β-unsaturated/α-hetero) is 1. The van der Waals surface area contributed by atoms with Crippen LogP contribution in [0.15, 0.2) is 48.5 Å². The normalized spacial score (nSPS) is 27.8. The number of hydrogen-bond acceptors (Lipinski definition) is 5. The van der Waals surface area contributed by atoms with Crippen molar-refractivity contribution in [1.29, 1.82) is 0 Å². The molecule has 1 aliphatic heterocycles. The molecule has 0 saturated heterocycles. The molecule has 1 fully saturated rings. The molecule has 0 amide bonds. The number of hydrogen-bond donors (Lipinski definition) is 0. The Hall–Kier alpha value is -2.66. The van der Waals surface area contributed by atoms with E-state index in [-0.39, 0.29) is 12.4 Å². The predicted octanol–water partition coefficient (Wildman–Crippen LogP) is 3.79. The van der Waals surface area contributed by atoms with Crippen LogP contribution in [-0.2, 0) is 14.3 Å². The number of carbonyl (C=O) groups is 3. The highest BCUT2D eigenvalue weighted by Gasteiger charge is 2.89. The minimum atomic E-state index is -1.67. The van der Waals surface area contributed by atoms with Gasteiger partial charge in [0.05, 0.1) is 12.0 Å². The highest BCUT2D eigenvalue weighted by Crippen LogP contribution is 2.78. The second-order valence-electron chi connectivity index (χ2n) is 6.93. The van der Waals surface area contributed by atoms with E-state index < -0.39 is 28.7 Å². The zero-order valence-corrected chi connectivity index (χ0v) is 15.6. The minimum Gasteiger partial charge on any atom is -0.465 e. The van der Waals surface area contributed by atoms with Crippen molar-refractivity contribution in [3.63, 3.8) is 0 Å². The Labute approximate surface area is 161 Å². The molecular formula is C21H17ClO5. The minimum absolute atomic E-state index is 0.105. The summed E-state index contributed by atoms with van der Waals surface area (Å²) in [6, 6.07) is 13.4. The first kappa shape index (κ1) is 17.7. The molecule has 3 atom stereocenters. The second kappa shape index (κ2) is 5.92. The summed E-state index contributed by atoms with van der Waals surface area (Å²) in [7, 11) is 0. The molecule has 2 aromatic rings. The number of esters is 2. The summed E-state index contributed by atoms with van der Waals surface area (Å²) >= 11 is 5.92. The van der Waals surface area contributed by atoms with Gasteiger partial charge in [-0.15, -0.1) is 0 Å². The maximum Gasteiger partial charge on any atom is 0.330 e. The van der Waals surface area contributed by atoms with Crippen molar-refractivity contribution in [2.45, 2.75) is 19.8 Å². The largest absolute Gasteiger partial charge is 0.465 e. The number of ether oxygens (including phenoxy) is 2. The molecule has 138 valence electrons. The first-order valence-electron chi connectivity index (χ1n) is 8.67. The van der Waals surface area contributed by atoms with Crippen LogP contribution in [0.4, 0.5) is 0 Å². The zero-order chi connectivity index (χ0) is 19.4. The van der Waals surface area contributed by atoms with Crippen LogP contribution in [0.25, 0.3) is 0 Å². The maximum absolute atomic E-state index is 13.4. The van der Waals surface area contributed by atoms with Gasteiger partial charge in [0.1, 0.15) is 5.75 Å². The van der Waals surface area contributed by atoms with Crippen LogP contribution in [0.3, 0.4) is 0 Å². The predicted molar refractivity (Wildman–Crippen MR) is 97.8 cm³/mol. The zero-order valence-electron chi connectivity index (χ0n) is 14.8. The fourth-order valence-corrected chi connectivity index (χ4v) is 4.48. The second-order valence-corrected chi connectivity index (χ2v) is 7.36. The third-order valence-corrected chi connectivity index (χ3v) is 5.93. The van der Waals surface area contributed by atoms with E-state index in [1.165, 1.54) is 0 Å². The van der Waals surface area contributed by atoms with Crippen LogP contribution < -0.4 is 4.74 Å². The van der Waals surface area contributed by atoms with Crippen molar-refractivity contribution >= 4 is 29.3 Å². The van der Waals surface area contributed by atoms with Crippen molar-refractivity contribution < 1.29 is 23.9 Å². The van der Waals surface area contributed by atoms with Crippen LogP contribution in [-0.4, -0.2) is 24.3 Å². The Morgan fingerprint density at radius 3 is 2.48 bits per heavy atom. The van der Waals surface area contributed by atoms with Crippen molar-refractivity contribution in [1.82, 2.24) is 0 Å². The molecule has 0 unspecified atom stereocenters. The molecule has 27 heavy (non-hydrogen) atoms. The fourth-order valence-electron chi connectivity index (χ4n) is 4.35. The lowest BCUT2D eigenvalue weighted by Crippen LogP contribution is -2.40. The molecule has 1 saturated carbocycles. The summed E-state index contributed by atoms with van der Waals surface area (Å²) in [6.45, 7) is 3.40. The average Bonchev–Trinajstić information content (AvgIpc) is 3.26. The Kier molecular flexibility index (Phi) is 3.89. The van der Waals surface area contributed by atoms with Gasteiger partial charge >= 0.3 is 11.9 Å². The lowest BCUT2D eigenvalue weighted by atomic mass is 9.87. The molecule has 0 spiro atoms. The van der Waals surface area contributed by atoms with Gasteiger partial charge < -0.3 is 9.47 Å². The Morgan fingerprint density at radius 2 is 1.81 bits per heavy atom. The lowest BCUT2D eigenvalue weighted by molar-refractivity contribution is -0.162. The summed E-state index contributed by atoms with van der Waals surface area (Å²) in [5.74, 6) is -2.04. The number of benzene rings is 2. The molecule has 0 N–H and O–H groups in total. The first-order valence-corrected chi connectivity index (χ1v) is 9.05. The molecule has 0 bridgehead atoms. The molecule has 4 rings (SSSR count). The van der Waals surface area contributed by atoms with Gasteiger partial charge in [0.25, 0.3) is 0 Å². The van der Waals surface area contributed by atoms with Gasteiger partial charge in [-0.3, -0.25) is 14.4 Å². The molecule has 1 aliphatic carbocycles. The highest BCUT2D eigenvalue weighted by molar-refractivity contribution is 6.30. The van der Waals surface area contributed by atoms with Crippen molar-refractivity contribution in [2.24, 2.45) is 10.8 Å². The molecular weight excluding hydrogens is 368 g/mol. The molecule has 6 heteroatoms. The standard InChI is InChI=1S/C21H17ClO5/c1-3-26-18(24)21-16(14-6-4-5-7-15(14)27-19(21)25)20(21,2)17(23)12-8-10-13(22)11-9-12/h4-11,16H,3H2,1-2H3/t16-,20+,21-/m1/s1. The summed E-state index contributed by atoms with van der Waals surface area (Å²) in [5, 5.41) is 0.495. The number of halogens is 1. The van der Waals surface area contributed by atoms with Crippen molar-refractivity contribution in [3.05, 3.63) is 64.7 Å². The summed E-state index contributed by atoms with van der Waals surface area (Å²) in [6.07, 6.45) is 0. The maximum atomic E-state index is 13.4. The summed E-state index contributed by atoms with van der Waals surface area (Å²) in [4.78, 5) is 39.3. The number of fused-ring (bicyclic) bond motifs is 3. The third-order valence-electron chi connectivity index (χ3n) is 5.68. The Balaban J connectivity index is 1.88. The topological polar surface area (TPSA) is 69.7 Å². The van der Waals surface area contributed by atoms with Crippen molar-refractivity contribution in [2.75, 3.05) is 6.61 Å². The molecule has 2 aromatic carbocycles. The third kappa shape index (κ3) is 2.15. The van der Waals surface area contributed by atoms with Gasteiger partial charge in [0.2, 0.25) is 0 Å². The molecule has 1 heterocycles. The van der Waals surface area contributed by atoms with E-state index in [0.717, 1.165) is 0 Å². The average molecular weight is 385 g/mol. The number of rotatable bonds is 4. The quantitative estimate of drug-likeness (QED) is 0.347. The van der Waals surface area contributed by atoms with E-state index in [4.69, 9.17) is 21.1 Å². The van der Waals surface area contributed by atoms with Gasteiger partial charge in [0, 0.05) is 22.1 Å². The van der Waals surface area contributed by atoms with Crippen LogP contribution in [0.2, 0.25) is 5.02 Å². The van der Waals surface area contributed by atoms with E-state index in [2.05, 4.69) is 0 Å². The Bertz CT molecular complexity index is 967. The first-order chi connectivity index (χ1) is 12.9. The van der Waals surface area contributed by atoms with Crippen LogP contribution in [0.1, 0.15) is 35.7 Å².